The van der Waals surface area contributed by atoms with Crippen molar-refractivity contribution >= 4 is 11.6 Å². The Morgan fingerprint density at radius 2 is 1.59 bits per heavy atom. The van der Waals surface area contributed by atoms with Gasteiger partial charge in [0.1, 0.15) is 5.82 Å². The van der Waals surface area contributed by atoms with E-state index in [1.165, 1.54) is 12.8 Å². The zero-order valence-electron chi connectivity index (χ0n) is 16.7. The second-order valence-corrected chi connectivity index (χ2v) is 7.92. The Kier molecular flexibility index (Phi) is 5.11. The molecule has 7 nitrogen and oxygen atoms in total. The molecule has 0 spiro atoms. The fourth-order valence-corrected chi connectivity index (χ4v) is 4.56. The Labute approximate surface area is 171 Å². The number of hydrogen-bond acceptors (Lipinski definition) is 6. The molecule has 0 amide bonds. The van der Waals surface area contributed by atoms with Gasteiger partial charge in [-0.05, 0) is 37.8 Å². The number of piperidine rings is 1. The molecule has 2 aliphatic rings. The van der Waals surface area contributed by atoms with Crippen molar-refractivity contribution in [1.82, 2.24) is 24.5 Å². The molecular formula is C22H27N7. The van der Waals surface area contributed by atoms with E-state index in [-0.39, 0.29) is 0 Å². The summed E-state index contributed by atoms with van der Waals surface area (Å²) in [6.07, 6.45) is 14.2. The van der Waals surface area contributed by atoms with E-state index in [4.69, 9.17) is 9.97 Å². The third-order valence-electron chi connectivity index (χ3n) is 5.96. The van der Waals surface area contributed by atoms with Crippen molar-refractivity contribution in [2.24, 2.45) is 0 Å². The van der Waals surface area contributed by atoms with Crippen LogP contribution in [0, 0.1) is 0 Å². The number of nitrogens with zero attached hydrogens (tertiary/aromatic N) is 7. The largest absolute Gasteiger partial charge is 0.354 e. The normalized spacial score (nSPS) is 19.7. The molecule has 0 aromatic carbocycles. The molecular weight excluding hydrogens is 362 g/mol. The van der Waals surface area contributed by atoms with Crippen molar-refractivity contribution < 1.29 is 0 Å². The number of aromatic nitrogens is 5. The zero-order chi connectivity index (χ0) is 19.5. The molecule has 3 aromatic heterocycles. The van der Waals surface area contributed by atoms with Crippen LogP contribution in [-0.4, -0.2) is 50.7 Å². The highest BCUT2D eigenvalue weighted by molar-refractivity contribution is 5.63. The standard InChI is InChI=1S/C22H27N7/c1-2-8-23-19(7-1)17-29-15-11-26-20(29)18-6-5-14-28(16-18)22-21(24-9-10-25-22)27-12-3-4-13-27/h1-2,7-11,15,18H,3-6,12-14,16-17H2. The van der Waals surface area contributed by atoms with Gasteiger partial charge in [0.15, 0.2) is 11.6 Å². The average molecular weight is 390 g/mol. The Bertz CT molecular complexity index is 933. The van der Waals surface area contributed by atoms with Gasteiger partial charge in [0.05, 0.1) is 12.2 Å². The van der Waals surface area contributed by atoms with Crippen molar-refractivity contribution in [3.05, 3.63) is 60.7 Å². The van der Waals surface area contributed by atoms with Crippen molar-refractivity contribution in [2.75, 3.05) is 36.0 Å². The monoisotopic (exact) mass is 389 g/mol. The number of pyridine rings is 1. The minimum Gasteiger partial charge on any atom is -0.354 e. The molecule has 0 bridgehead atoms. The van der Waals surface area contributed by atoms with Crippen LogP contribution in [0.1, 0.15) is 43.1 Å². The number of hydrogen-bond donors (Lipinski definition) is 0. The summed E-state index contributed by atoms with van der Waals surface area (Å²) in [6, 6.07) is 6.06. The lowest BCUT2D eigenvalue weighted by molar-refractivity contribution is 0.473. The van der Waals surface area contributed by atoms with Crippen LogP contribution in [-0.2, 0) is 6.54 Å². The van der Waals surface area contributed by atoms with E-state index in [2.05, 4.69) is 36.6 Å². The summed E-state index contributed by atoms with van der Waals surface area (Å²) in [4.78, 5) is 23.4. The van der Waals surface area contributed by atoms with Crippen LogP contribution in [0.25, 0.3) is 0 Å². The lowest BCUT2D eigenvalue weighted by Crippen LogP contribution is -2.37. The van der Waals surface area contributed by atoms with Crippen molar-refractivity contribution in [2.45, 2.75) is 38.1 Å². The summed E-state index contributed by atoms with van der Waals surface area (Å²) >= 11 is 0. The first-order valence-electron chi connectivity index (χ1n) is 10.6. The van der Waals surface area contributed by atoms with Gasteiger partial charge in [-0.2, -0.15) is 0 Å². The van der Waals surface area contributed by atoms with E-state index in [9.17, 15) is 0 Å². The van der Waals surface area contributed by atoms with E-state index in [1.807, 2.05) is 36.9 Å². The maximum atomic E-state index is 4.74. The summed E-state index contributed by atoms with van der Waals surface area (Å²) in [5, 5.41) is 0. The second kappa shape index (κ2) is 8.19. The smallest absolute Gasteiger partial charge is 0.172 e. The fraction of sp³-hybridized carbons (Fsp3) is 0.455. The second-order valence-electron chi connectivity index (χ2n) is 7.92. The molecule has 29 heavy (non-hydrogen) atoms. The molecule has 150 valence electrons. The van der Waals surface area contributed by atoms with Gasteiger partial charge in [-0.15, -0.1) is 0 Å². The molecule has 0 aliphatic carbocycles. The van der Waals surface area contributed by atoms with Gasteiger partial charge in [-0.1, -0.05) is 6.07 Å². The molecule has 1 unspecified atom stereocenters. The first-order chi connectivity index (χ1) is 14.4. The molecule has 2 saturated heterocycles. The first kappa shape index (κ1) is 18.1. The highest BCUT2D eigenvalue weighted by Gasteiger charge is 2.29. The SMILES string of the molecule is c1ccc(Cn2ccnc2C2CCCN(c3nccnc3N3CCCC3)C2)nc1. The van der Waals surface area contributed by atoms with Crippen molar-refractivity contribution in [3.63, 3.8) is 0 Å². The maximum Gasteiger partial charge on any atom is 0.172 e. The predicted molar refractivity (Wildman–Crippen MR) is 113 cm³/mol. The average Bonchev–Trinajstić information content (AvgIpc) is 3.47. The minimum absolute atomic E-state index is 0.385. The molecule has 2 fully saturated rings. The molecule has 7 heteroatoms. The molecule has 1 atom stereocenters. The van der Waals surface area contributed by atoms with Crippen LogP contribution < -0.4 is 9.80 Å². The lowest BCUT2D eigenvalue weighted by atomic mass is 9.97. The van der Waals surface area contributed by atoms with Crippen molar-refractivity contribution in [1.29, 1.82) is 0 Å². The summed E-state index contributed by atoms with van der Waals surface area (Å²) in [5.41, 5.74) is 1.06. The molecule has 5 heterocycles. The maximum absolute atomic E-state index is 4.74. The highest BCUT2D eigenvalue weighted by atomic mass is 15.3. The van der Waals surface area contributed by atoms with Crippen LogP contribution in [0.5, 0.6) is 0 Å². The molecule has 2 aliphatic heterocycles. The van der Waals surface area contributed by atoms with Crippen LogP contribution >= 0.6 is 0 Å². The van der Waals surface area contributed by atoms with E-state index < -0.39 is 0 Å². The van der Waals surface area contributed by atoms with Gasteiger partial charge in [-0.25, -0.2) is 15.0 Å². The van der Waals surface area contributed by atoms with Gasteiger partial charge in [0.25, 0.3) is 0 Å². The number of rotatable bonds is 5. The van der Waals surface area contributed by atoms with Gasteiger partial charge >= 0.3 is 0 Å². The predicted octanol–water partition coefficient (Wildman–Crippen LogP) is 3.10. The van der Waals surface area contributed by atoms with E-state index in [0.717, 1.165) is 68.7 Å². The summed E-state index contributed by atoms with van der Waals surface area (Å²) in [6.45, 7) is 4.88. The van der Waals surface area contributed by atoms with Gasteiger partial charge in [0.2, 0.25) is 0 Å². The quantitative estimate of drug-likeness (QED) is 0.668. The van der Waals surface area contributed by atoms with E-state index in [1.54, 1.807) is 0 Å². The summed E-state index contributed by atoms with van der Waals surface area (Å²) in [7, 11) is 0. The van der Waals surface area contributed by atoms with Crippen LogP contribution in [0.3, 0.4) is 0 Å². The van der Waals surface area contributed by atoms with Gasteiger partial charge in [0, 0.05) is 63.1 Å². The van der Waals surface area contributed by atoms with Gasteiger partial charge < -0.3 is 14.4 Å². The third kappa shape index (κ3) is 3.81. The van der Waals surface area contributed by atoms with Gasteiger partial charge in [-0.3, -0.25) is 4.98 Å². The van der Waals surface area contributed by atoms with Crippen LogP contribution in [0.15, 0.2) is 49.2 Å². The molecule has 3 aromatic rings. The van der Waals surface area contributed by atoms with E-state index in [0.29, 0.717) is 5.92 Å². The summed E-state index contributed by atoms with van der Waals surface area (Å²) < 4.78 is 2.24. The Hall–Kier alpha value is -2.96. The minimum atomic E-state index is 0.385. The van der Waals surface area contributed by atoms with Crippen LogP contribution in [0.2, 0.25) is 0 Å². The number of anilines is 2. The lowest BCUT2D eigenvalue weighted by Gasteiger charge is -2.35. The fourth-order valence-electron chi connectivity index (χ4n) is 4.56. The van der Waals surface area contributed by atoms with E-state index >= 15 is 0 Å². The molecule has 5 rings (SSSR count). The first-order valence-corrected chi connectivity index (χ1v) is 10.6. The van der Waals surface area contributed by atoms with Crippen molar-refractivity contribution in [3.8, 4) is 0 Å². The zero-order valence-corrected chi connectivity index (χ0v) is 16.7. The molecule has 0 saturated carbocycles. The third-order valence-corrected chi connectivity index (χ3v) is 5.96. The highest BCUT2D eigenvalue weighted by Crippen LogP contribution is 2.33. The molecule has 0 radical (unpaired) electrons. The number of imidazole rings is 1. The molecule has 0 N–H and O–H groups in total. The Morgan fingerprint density at radius 3 is 2.38 bits per heavy atom. The van der Waals surface area contributed by atoms with Crippen LogP contribution in [0.4, 0.5) is 11.6 Å². The Morgan fingerprint density at radius 1 is 0.793 bits per heavy atom. The topological polar surface area (TPSA) is 63.0 Å². The summed E-state index contributed by atoms with van der Waals surface area (Å²) in [5.74, 6) is 3.60. The Balaban J connectivity index is 1.37.